The van der Waals surface area contributed by atoms with Gasteiger partial charge in [0.25, 0.3) is 16.0 Å². The molecule has 1 saturated heterocycles. The first-order chi connectivity index (χ1) is 17.0. The first-order valence-electron chi connectivity index (χ1n) is 9.78. The van der Waals surface area contributed by atoms with Gasteiger partial charge < -0.3 is 15.5 Å². The third-order valence-corrected chi connectivity index (χ3v) is 8.94. The Hall–Kier alpha value is 0.000000000000000444. The van der Waals surface area contributed by atoms with Gasteiger partial charge in [-0.05, 0) is 27.4 Å². The fraction of sp³-hybridized carbons (Fsp3) is 0.353. The Kier molecular flexibility index (Phi) is 14.7. The quantitative estimate of drug-likeness (QED) is 0.0679. The van der Waals surface area contributed by atoms with Crippen LogP contribution in [0, 0.1) is 0 Å². The van der Waals surface area contributed by atoms with E-state index in [4.69, 9.17) is 4.55 Å². The molecule has 4 heterocycles. The molecule has 4 rings (SSSR count). The van der Waals surface area contributed by atoms with Gasteiger partial charge in [-0.2, -0.15) is 8.42 Å². The molecule has 4 N–H and O–H groups in total. The second kappa shape index (κ2) is 15.5. The molecule has 0 aliphatic carbocycles. The van der Waals surface area contributed by atoms with Crippen molar-refractivity contribution in [2.45, 2.75) is 28.4 Å². The summed E-state index contributed by atoms with van der Waals surface area (Å²) < 4.78 is 32.0. The predicted octanol–water partition coefficient (Wildman–Crippen LogP) is -2.67. The average Bonchev–Trinajstić information content (AvgIpc) is 3.46. The monoisotopic (exact) mass is 648 g/mol. The van der Waals surface area contributed by atoms with E-state index in [9.17, 15) is 37.8 Å². The predicted molar refractivity (Wildman–Crippen MR) is 146 cm³/mol. The van der Waals surface area contributed by atoms with Crippen LogP contribution in [0.1, 0.15) is 10.8 Å². The number of carboxylic acid groups (broad SMARTS) is 2. The molecule has 0 radical (unpaired) electrons. The molecule has 2 aromatic rings. The van der Waals surface area contributed by atoms with Gasteiger partial charge in [-0.25, -0.2) is 9.48 Å². The van der Waals surface area contributed by atoms with Crippen LogP contribution in [0.3, 0.4) is 0 Å². The molecule has 0 spiro atoms. The molecule has 2 aliphatic rings. The van der Waals surface area contributed by atoms with Gasteiger partial charge in [-0.1, -0.05) is 17.8 Å². The number of carboxylic acids is 2. The SMILES string of the molecule is O=C(O)C1=C(CSc2nnnn2CS(=O)(=O)O)CS[C@@H]2C(NC(=O)C(C(=O)O)c3cccs3)C(=O)N12.[NaH].[NaH].[NaH]. The van der Waals surface area contributed by atoms with E-state index in [0.717, 1.165) is 32.7 Å². The van der Waals surface area contributed by atoms with E-state index in [-0.39, 0.29) is 111 Å². The van der Waals surface area contributed by atoms with Crippen molar-refractivity contribution in [2.75, 3.05) is 11.5 Å². The van der Waals surface area contributed by atoms with Crippen molar-refractivity contribution < 1.29 is 42.4 Å². The number of aliphatic carboxylic acids is 2. The number of aromatic nitrogens is 4. The van der Waals surface area contributed by atoms with Crippen molar-refractivity contribution in [1.82, 2.24) is 30.4 Å². The summed E-state index contributed by atoms with van der Waals surface area (Å²) >= 11 is 3.18. The third kappa shape index (κ3) is 8.53. The Bertz CT molecular complexity index is 1370. The zero-order valence-corrected chi connectivity index (χ0v) is 21.0. The topological polar surface area (TPSA) is 222 Å². The third-order valence-electron chi connectivity index (χ3n) is 5.04. The zero-order valence-electron chi connectivity index (χ0n) is 17.7. The van der Waals surface area contributed by atoms with E-state index >= 15 is 0 Å². The maximum atomic E-state index is 12.8. The molecule has 2 unspecified atom stereocenters. The van der Waals surface area contributed by atoms with E-state index in [2.05, 4.69) is 20.8 Å². The second-order valence-corrected chi connectivity index (χ2v) is 11.8. The molecule has 198 valence electrons. The van der Waals surface area contributed by atoms with Crippen LogP contribution in [0.25, 0.3) is 0 Å². The van der Waals surface area contributed by atoms with Gasteiger partial charge in [0.05, 0.1) is 0 Å². The zero-order chi connectivity index (χ0) is 26.2. The Labute approximate surface area is 299 Å². The minimum atomic E-state index is -4.42. The summed E-state index contributed by atoms with van der Waals surface area (Å²) in [7, 11) is -4.42. The average molecular weight is 649 g/mol. The van der Waals surface area contributed by atoms with Gasteiger partial charge >= 0.3 is 101 Å². The van der Waals surface area contributed by atoms with E-state index in [1.54, 1.807) is 11.4 Å². The molecule has 2 aliphatic heterocycles. The number of thiophene rings is 1. The van der Waals surface area contributed by atoms with Gasteiger partial charge in [-0.3, -0.25) is 23.8 Å². The van der Waals surface area contributed by atoms with E-state index in [0.29, 0.717) is 10.5 Å². The number of thioether (sulfide) groups is 2. The van der Waals surface area contributed by atoms with Gasteiger partial charge in [0.2, 0.25) is 11.1 Å². The minimum absolute atomic E-state index is 0. The molecule has 3 atom stereocenters. The van der Waals surface area contributed by atoms with Crippen LogP contribution < -0.4 is 5.32 Å². The molecule has 22 heteroatoms. The van der Waals surface area contributed by atoms with Crippen LogP contribution in [0.15, 0.2) is 33.9 Å². The molecule has 1 fully saturated rings. The molecular formula is C17H19N6Na3O9S4. The van der Waals surface area contributed by atoms with Gasteiger partial charge in [-0.15, -0.1) is 28.2 Å². The number of tetrazole rings is 1. The Morgan fingerprint density at radius 2 is 1.92 bits per heavy atom. The Morgan fingerprint density at radius 1 is 1.23 bits per heavy atom. The number of hydrogen-bond donors (Lipinski definition) is 4. The van der Waals surface area contributed by atoms with Crippen molar-refractivity contribution in [2.24, 2.45) is 0 Å². The van der Waals surface area contributed by atoms with E-state index < -0.39 is 57.1 Å². The molecular weight excluding hydrogens is 629 g/mol. The summed E-state index contributed by atoms with van der Waals surface area (Å²) in [5.74, 6) is -6.58. The summed E-state index contributed by atoms with van der Waals surface area (Å²) in [5.41, 5.74) is 0.0406. The summed E-state index contributed by atoms with van der Waals surface area (Å²) in [6, 6.07) is 1.99. The van der Waals surface area contributed by atoms with Gasteiger partial charge in [0.15, 0.2) is 11.8 Å². The van der Waals surface area contributed by atoms with Crippen molar-refractivity contribution in [1.29, 1.82) is 0 Å². The van der Waals surface area contributed by atoms with Crippen molar-refractivity contribution in [3.05, 3.63) is 33.7 Å². The molecule has 0 saturated carbocycles. The number of fused-ring (bicyclic) bond motifs is 1. The normalized spacial score (nSPS) is 18.9. The Balaban J connectivity index is 0.00000253. The van der Waals surface area contributed by atoms with Crippen LogP contribution in [0.2, 0.25) is 0 Å². The summed E-state index contributed by atoms with van der Waals surface area (Å²) in [6.45, 7) is 0. The molecule has 39 heavy (non-hydrogen) atoms. The number of carbonyl (C=O) groups is 4. The molecule has 2 aromatic heterocycles. The number of rotatable bonds is 10. The van der Waals surface area contributed by atoms with Crippen molar-refractivity contribution >= 4 is 157 Å². The maximum absolute atomic E-state index is 12.8. The number of nitrogens with one attached hydrogen (secondary N) is 1. The number of carbonyl (C=O) groups excluding carboxylic acids is 2. The van der Waals surface area contributed by atoms with E-state index in [1.165, 1.54) is 17.8 Å². The number of amides is 2. The Morgan fingerprint density at radius 3 is 2.49 bits per heavy atom. The standard InChI is InChI=1S/C17H16N6O9S4.3Na.3H/c24-12(9(15(26)27)8-2-1-3-33-8)18-10-13(25)23-11(16(28)29)7(4-34-14(10)23)5-35-17-19-20-21-22(17)6-36(30,31)32;;;;;;/h1-3,9-10,14H,4-6H2,(H,18,24)(H,26,27)(H,28,29)(H,30,31,32);;;;;;/t9?,10?,14-;;;;;;/m1....../s1. The number of nitrogens with zero attached hydrogens (tertiary/aromatic N) is 5. The fourth-order valence-corrected chi connectivity index (χ4v) is 7.28. The summed E-state index contributed by atoms with van der Waals surface area (Å²) in [6.07, 6.45) is 0. The van der Waals surface area contributed by atoms with Crippen LogP contribution in [-0.2, 0) is 35.2 Å². The van der Waals surface area contributed by atoms with Gasteiger partial charge in [0, 0.05) is 16.4 Å². The van der Waals surface area contributed by atoms with Crippen LogP contribution >= 0.6 is 34.9 Å². The van der Waals surface area contributed by atoms with Crippen molar-refractivity contribution in [3.8, 4) is 0 Å². The number of hydrogen-bond acceptors (Lipinski definition) is 12. The second-order valence-electron chi connectivity index (χ2n) is 7.40. The molecule has 15 nitrogen and oxygen atoms in total. The number of β-lactam (4-membered cyclic amide) rings is 1. The van der Waals surface area contributed by atoms with E-state index in [1.807, 2.05) is 0 Å². The van der Waals surface area contributed by atoms with Crippen LogP contribution in [0.4, 0.5) is 0 Å². The van der Waals surface area contributed by atoms with Crippen LogP contribution in [-0.4, -0.2) is 184 Å². The molecule has 0 bridgehead atoms. The first-order valence-corrected chi connectivity index (χ1v) is 14.3. The summed E-state index contributed by atoms with van der Waals surface area (Å²) in [4.78, 5) is 50.5. The fourth-order valence-electron chi connectivity index (χ4n) is 3.54. The van der Waals surface area contributed by atoms with Crippen molar-refractivity contribution in [3.63, 3.8) is 0 Å². The summed E-state index contributed by atoms with van der Waals surface area (Å²) in [5, 5.41) is 33.0. The molecule has 0 aromatic carbocycles. The molecule has 2 amide bonds. The van der Waals surface area contributed by atoms with Gasteiger partial charge in [0.1, 0.15) is 17.1 Å². The van der Waals surface area contributed by atoms with Crippen LogP contribution in [0.5, 0.6) is 0 Å². The first kappa shape index (κ1) is 37.0.